The molecule has 0 amide bonds. The summed E-state index contributed by atoms with van der Waals surface area (Å²) in [6, 6.07) is 20.8. The first-order chi connectivity index (χ1) is 10.8. The molecule has 1 aliphatic rings. The molecule has 4 atom stereocenters. The Balaban J connectivity index is 1.88. The first-order valence-electron chi connectivity index (χ1n) is 7.30. The van der Waals surface area contributed by atoms with Gasteiger partial charge in [-0.25, -0.2) is 0 Å². The Morgan fingerprint density at radius 2 is 1.50 bits per heavy atom. The molecule has 22 heavy (non-hydrogen) atoms. The van der Waals surface area contributed by atoms with Gasteiger partial charge in [-0.1, -0.05) is 102 Å². The maximum atomic E-state index is 12.0. The van der Waals surface area contributed by atoms with Crippen LogP contribution in [-0.4, -0.2) is 17.1 Å². The molecule has 3 heteroatoms. The first-order valence-corrected chi connectivity index (χ1v) is 9.37. The van der Waals surface area contributed by atoms with Gasteiger partial charge in [0.15, 0.2) is 0 Å². The summed E-state index contributed by atoms with van der Waals surface area (Å²) >= 11 is 0. The van der Waals surface area contributed by atoms with Crippen LogP contribution in [0.25, 0.3) is 0 Å². The van der Waals surface area contributed by atoms with Crippen molar-refractivity contribution in [3.8, 4) is 0 Å². The number of hydrogen-bond acceptors (Lipinski definition) is 1. The fourth-order valence-electron chi connectivity index (χ4n) is 2.57. The highest BCUT2D eigenvalue weighted by Crippen LogP contribution is 2.44. The molecule has 2 aromatic rings. The highest BCUT2D eigenvalue weighted by Gasteiger charge is 2.36. The van der Waals surface area contributed by atoms with Crippen molar-refractivity contribution in [3.05, 3.63) is 85.0 Å². The second kappa shape index (κ2) is 7.14. The quantitative estimate of drug-likeness (QED) is 0.608. The topological polar surface area (TPSA) is 17.1 Å². The van der Waals surface area contributed by atoms with E-state index in [2.05, 4.69) is 54.6 Å². The van der Waals surface area contributed by atoms with Crippen LogP contribution < -0.4 is 10.6 Å². The third kappa shape index (κ3) is 3.43. The first kappa shape index (κ1) is 15.3. The van der Waals surface area contributed by atoms with E-state index < -0.39 is 5.16 Å². The van der Waals surface area contributed by atoms with E-state index in [1.807, 2.05) is 30.3 Å². The smallest absolute Gasteiger partial charge is 0.135 e. The van der Waals surface area contributed by atoms with Gasteiger partial charge in [-0.3, -0.25) is 0 Å². The van der Waals surface area contributed by atoms with Gasteiger partial charge in [0.1, 0.15) is 6.29 Å². The molecule has 0 aromatic heterocycles. The molecule has 2 unspecified atom stereocenters. The normalized spacial score (nSPS) is 24.5. The summed E-state index contributed by atoms with van der Waals surface area (Å²) in [6.07, 6.45) is 9.51. The van der Waals surface area contributed by atoms with Crippen molar-refractivity contribution in [1.82, 2.24) is 0 Å². The molecule has 0 spiro atoms. The molecule has 0 heterocycles. The molecule has 0 saturated heterocycles. The van der Waals surface area contributed by atoms with Crippen LogP contribution in [-0.2, 0) is 4.79 Å². The molecule has 0 radical (unpaired) electrons. The minimum atomic E-state index is -0.412. The lowest BCUT2D eigenvalue weighted by molar-refractivity contribution is -0.108. The molecule has 0 saturated carbocycles. The number of carbonyl (C=O) groups is 1. The second-order valence-corrected chi connectivity index (χ2v) is 8.46. The van der Waals surface area contributed by atoms with E-state index in [0.717, 1.165) is 6.29 Å². The summed E-state index contributed by atoms with van der Waals surface area (Å²) < 4.78 is 0. The predicted molar refractivity (Wildman–Crippen MR) is 99.6 cm³/mol. The van der Waals surface area contributed by atoms with Crippen LogP contribution in [0.3, 0.4) is 0 Å². The molecular weight excluding hydrogens is 306 g/mol. The molecule has 110 valence electrons. The zero-order valence-electron chi connectivity index (χ0n) is 12.1. The number of rotatable bonds is 5. The Bertz CT molecular complexity index is 679. The van der Waals surface area contributed by atoms with E-state index in [9.17, 15) is 4.79 Å². The lowest BCUT2D eigenvalue weighted by Gasteiger charge is -2.34. The van der Waals surface area contributed by atoms with Crippen molar-refractivity contribution >= 4 is 34.1 Å². The van der Waals surface area contributed by atoms with E-state index >= 15 is 0 Å². The lowest BCUT2D eigenvalue weighted by Crippen LogP contribution is -2.37. The molecule has 1 aliphatic carbocycles. The highest BCUT2D eigenvalue weighted by molar-refractivity contribution is 7.54. The van der Waals surface area contributed by atoms with Gasteiger partial charge in [-0.15, -0.1) is 0 Å². The fraction of sp³-hybridized carbons (Fsp3) is 0.105. The van der Waals surface area contributed by atoms with Gasteiger partial charge in [0.25, 0.3) is 0 Å². The summed E-state index contributed by atoms with van der Waals surface area (Å²) in [4.78, 5) is 12.0. The van der Waals surface area contributed by atoms with E-state index in [1.165, 1.54) is 10.6 Å². The molecule has 0 aliphatic heterocycles. The minimum Gasteiger partial charge on any atom is -0.302 e. The van der Waals surface area contributed by atoms with Crippen LogP contribution in [0.4, 0.5) is 0 Å². The predicted octanol–water partition coefficient (Wildman–Crippen LogP) is 3.43. The third-order valence-electron chi connectivity index (χ3n) is 3.73. The molecule has 0 N–H and O–H groups in total. The number of aldehydes is 1. The van der Waals surface area contributed by atoms with Gasteiger partial charge in [0.05, 0.1) is 5.16 Å². The second-order valence-electron chi connectivity index (χ2n) is 5.27. The maximum Gasteiger partial charge on any atom is 0.135 e. The van der Waals surface area contributed by atoms with Gasteiger partial charge >= 0.3 is 0 Å². The Labute approximate surface area is 135 Å². The zero-order chi connectivity index (χ0) is 15.3. The lowest BCUT2D eigenvalue weighted by atomic mass is 10.0. The molecule has 0 fully saturated rings. The zero-order valence-corrected chi connectivity index (χ0v) is 14.1. The average molecular weight is 324 g/mol. The van der Waals surface area contributed by atoms with Crippen molar-refractivity contribution in [3.63, 3.8) is 0 Å². The summed E-state index contributed by atoms with van der Waals surface area (Å²) in [6.45, 7) is 0. The van der Waals surface area contributed by atoms with Crippen LogP contribution in [0.1, 0.15) is 0 Å². The number of allylic oxidation sites excluding steroid dienone is 4. The summed E-state index contributed by atoms with van der Waals surface area (Å²) in [5.41, 5.74) is 0.232. The fourth-order valence-corrected chi connectivity index (χ4v) is 5.70. The van der Waals surface area contributed by atoms with E-state index in [1.54, 1.807) is 0 Å². The van der Waals surface area contributed by atoms with Crippen LogP contribution in [0, 0.1) is 0 Å². The van der Waals surface area contributed by atoms with Crippen LogP contribution >= 0.6 is 17.2 Å². The minimum absolute atomic E-state index is 0.232. The average Bonchev–Trinajstić information content (AvgIpc) is 2.58. The Morgan fingerprint density at radius 3 is 2.14 bits per heavy atom. The van der Waals surface area contributed by atoms with Gasteiger partial charge in [-0.2, -0.15) is 0 Å². The van der Waals surface area contributed by atoms with Crippen molar-refractivity contribution in [2.45, 2.75) is 10.8 Å². The Hall–Kier alpha value is -1.55. The molecule has 2 aromatic carbocycles. The molecule has 3 rings (SSSR count). The maximum absolute atomic E-state index is 12.0. The standard InChI is InChI=1S/C19H18OP2/c20-15-19(22-17-11-5-2-6-12-17)14-8-7-13-18(19)21-16-9-3-1-4-10-16/h1-15,18,21-22H/t18-,19+/m1/s1. The van der Waals surface area contributed by atoms with Crippen molar-refractivity contribution < 1.29 is 4.79 Å². The van der Waals surface area contributed by atoms with Crippen LogP contribution in [0.15, 0.2) is 85.0 Å². The van der Waals surface area contributed by atoms with Crippen LogP contribution in [0.2, 0.25) is 0 Å². The number of carbonyl (C=O) groups excluding carboxylic acids is 1. The van der Waals surface area contributed by atoms with E-state index in [0.29, 0.717) is 17.2 Å². The largest absolute Gasteiger partial charge is 0.302 e. The number of hydrogen-bond donors (Lipinski definition) is 0. The van der Waals surface area contributed by atoms with Crippen molar-refractivity contribution in [2.75, 3.05) is 0 Å². The highest BCUT2D eigenvalue weighted by atomic mass is 31.1. The summed E-state index contributed by atoms with van der Waals surface area (Å²) in [7, 11) is 1.06. The Morgan fingerprint density at radius 1 is 0.864 bits per heavy atom. The van der Waals surface area contributed by atoms with Crippen LogP contribution in [0.5, 0.6) is 0 Å². The van der Waals surface area contributed by atoms with Gasteiger partial charge in [-0.05, 0) is 10.6 Å². The third-order valence-corrected chi connectivity index (χ3v) is 7.31. The summed E-state index contributed by atoms with van der Waals surface area (Å²) in [5, 5.41) is 2.12. The molecule has 0 bridgehead atoms. The van der Waals surface area contributed by atoms with Crippen molar-refractivity contribution in [1.29, 1.82) is 0 Å². The summed E-state index contributed by atoms with van der Waals surface area (Å²) in [5.74, 6) is 0. The van der Waals surface area contributed by atoms with Gasteiger partial charge < -0.3 is 4.79 Å². The van der Waals surface area contributed by atoms with E-state index in [-0.39, 0.29) is 5.66 Å². The van der Waals surface area contributed by atoms with Crippen molar-refractivity contribution in [2.24, 2.45) is 0 Å². The molecular formula is C19H18OP2. The monoisotopic (exact) mass is 324 g/mol. The van der Waals surface area contributed by atoms with E-state index in [4.69, 9.17) is 0 Å². The Kier molecular flexibility index (Phi) is 4.98. The number of benzene rings is 2. The van der Waals surface area contributed by atoms with Gasteiger partial charge in [0, 0.05) is 5.66 Å². The SMILES string of the molecule is O=C[C@@]1(Pc2ccccc2)C=CC=C[C@H]1Pc1ccccc1. The van der Waals surface area contributed by atoms with Gasteiger partial charge in [0.2, 0.25) is 0 Å². The molecule has 1 nitrogen and oxygen atoms in total.